The van der Waals surface area contributed by atoms with Crippen LogP contribution in [0.4, 0.5) is 5.69 Å². The molecule has 2 aromatic carbocycles. The summed E-state index contributed by atoms with van der Waals surface area (Å²) in [6.45, 7) is 5.82. The highest BCUT2D eigenvalue weighted by Crippen LogP contribution is 2.16. The SMILES string of the molecule is Cc1ccc(C(=O)C(=O)Nc2ccc(C)cc2C)cc1. The van der Waals surface area contributed by atoms with Gasteiger partial charge in [0.25, 0.3) is 11.7 Å². The van der Waals surface area contributed by atoms with Crippen LogP contribution < -0.4 is 5.32 Å². The predicted molar refractivity (Wildman–Crippen MR) is 80.1 cm³/mol. The number of amides is 1. The van der Waals surface area contributed by atoms with Crippen LogP contribution in [0.15, 0.2) is 42.5 Å². The maximum Gasteiger partial charge on any atom is 0.296 e. The number of carbonyl (C=O) groups excluding carboxylic acids is 2. The molecule has 0 radical (unpaired) electrons. The van der Waals surface area contributed by atoms with Crippen LogP contribution in [0.25, 0.3) is 0 Å². The number of hydrogen-bond acceptors (Lipinski definition) is 2. The lowest BCUT2D eigenvalue weighted by molar-refractivity contribution is -0.112. The van der Waals surface area contributed by atoms with Gasteiger partial charge in [-0.05, 0) is 32.4 Å². The smallest absolute Gasteiger partial charge is 0.296 e. The molecule has 2 aromatic rings. The largest absolute Gasteiger partial charge is 0.319 e. The van der Waals surface area contributed by atoms with E-state index in [2.05, 4.69) is 5.32 Å². The molecule has 0 unspecified atom stereocenters. The number of rotatable bonds is 3. The molecule has 102 valence electrons. The highest BCUT2D eigenvalue weighted by Gasteiger charge is 2.16. The van der Waals surface area contributed by atoms with Gasteiger partial charge in [-0.15, -0.1) is 0 Å². The Kier molecular flexibility index (Phi) is 3.99. The topological polar surface area (TPSA) is 46.2 Å². The summed E-state index contributed by atoms with van der Waals surface area (Å²) in [4.78, 5) is 24.0. The van der Waals surface area contributed by atoms with Crippen molar-refractivity contribution < 1.29 is 9.59 Å². The van der Waals surface area contributed by atoms with Crippen LogP contribution in [-0.2, 0) is 4.79 Å². The molecule has 0 spiro atoms. The first-order valence-electron chi connectivity index (χ1n) is 6.47. The lowest BCUT2D eigenvalue weighted by atomic mass is 10.1. The minimum Gasteiger partial charge on any atom is -0.319 e. The van der Waals surface area contributed by atoms with Gasteiger partial charge in [-0.3, -0.25) is 9.59 Å². The Hall–Kier alpha value is -2.42. The van der Waals surface area contributed by atoms with E-state index >= 15 is 0 Å². The Morgan fingerprint density at radius 3 is 2.05 bits per heavy atom. The molecule has 0 bridgehead atoms. The number of carbonyl (C=O) groups is 2. The van der Waals surface area contributed by atoms with Gasteiger partial charge >= 0.3 is 0 Å². The molecule has 3 nitrogen and oxygen atoms in total. The van der Waals surface area contributed by atoms with Crippen LogP contribution in [0.1, 0.15) is 27.0 Å². The summed E-state index contributed by atoms with van der Waals surface area (Å²) < 4.78 is 0. The summed E-state index contributed by atoms with van der Waals surface area (Å²) in [5, 5.41) is 2.66. The fourth-order valence-corrected chi connectivity index (χ4v) is 1.97. The van der Waals surface area contributed by atoms with Gasteiger partial charge in [-0.2, -0.15) is 0 Å². The molecule has 0 heterocycles. The van der Waals surface area contributed by atoms with Gasteiger partial charge in [0.05, 0.1) is 0 Å². The maximum absolute atomic E-state index is 12.0. The second kappa shape index (κ2) is 5.70. The standard InChI is InChI=1S/C17H17NO2/c1-11-4-7-14(8-5-11)16(19)17(20)18-15-9-6-12(2)10-13(15)3/h4-10H,1-3H3,(H,18,20). The van der Waals surface area contributed by atoms with Gasteiger partial charge < -0.3 is 5.32 Å². The highest BCUT2D eigenvalue weighted by atomic mass is 16.2. The summed E-state index contributed by atoms with van der Waals surface area (Å²) >= 11 is 0. The van der Waals surface area contributed by atoms with Crippen molar-refractivity contribution in [3.05, 3.63) is 64.7 Å². The average molecular weight is 267 g/mol. The van der Waals surface area contributed by atoms with E-state index in [1.54, 1.807) is 12.1 Å². The van der Waals surface area contributed by atoms with Gasteiger partial charge in [-0.25, -0.2) is 0 Å². The van der Waals surface area contributed by atoms with E-state index in [1.165, 1.54) is 0 Å². The number of benzene rings is 2. The number of aryl methyl sites for hydroxylation is 3. The molecule has 0 aliphatic carbocycles. The van der Waals surface area contributed by atoms with Gasteiger partial charge in [-0.1, -0.05) is 47.5 Å². The fraction of sp³-hybridized carbons (Fsp3) is 0.176. The Morgan fingerprint density at radius 2 is 1.45 bits per heavy atom. The molecule has 0 fully saturated rings. The zero-order chi connectivity index (χ0) is 14.7. The minimum absolute atomic E-state index is 0.401. The second-order valence-electron chi connectivity index (χ2n) is 4.97. The Morgan fingerprint density at radius 1 is 0.850 bits per heavy atom. The first-order chi connectivity index (χ1) is 9.47. The molecule has 1 amide bonds. The van der Waals surface area contributed by atoms with Crippen molar-refractivity contribution in [2.75, 3.05) is 5.32 Å². The molecule has 20 heavy (non-hydrogen) atoms. The number of hydrogen-bond donors (Lipinski definition) is 1. The van der Waals surface area contributed by atoms with Crippen LogP contribution in [-0.4, -0.2) is 11.7 Å². The van der Waals surface area contributed by atoms with Crippen molar-refractivity contribution >= 4 is 17.4 Å². The van der Waals surface area contributed by atoms with E-state index in [4.69, 9.17) is 0 Å². The number of ketones is 1. The normalized spacial score (nSPS) is 10.2. The summed E-state index contributed by atoms with van der Waals surface area (Å²) in [6.07, 6.45) is 0. The number of anilines is 1. The summed E-state index contributed by atoms with van der Waals surface area (Å²) in [7, 11) is 0. The molecule has 0 saturated heterocycles. The lowest BCUT2D eigenvalue weighted by Crippen LogP contribution is -2.23. The molecule has 0 aliphatic heterocycles. The fourth-order valence-electron chi connectivity index (χ4n) is 1.97. The summed E-state index contributed by atoms with van der Waals surface area (Å²) in [6, 6.07) is 12.6. The second-order valence-corrected chi connectivity index (χ2v) is 4.97. The van der Waals surface area contributed by atoms with E-state index in [0.29, 0.717) is 11.3 Å². The van der Waals surface area contributed by atoms with Gasteiger partial charge in [0.15, 0.2) is 0 Å². The van der Waals surface area contributed by atoms with Crippen molar-refractivity contribution in [1.82, 2.24) is 0 Å². The summed E-state index contributed by atoms with van der Waals surface area (Å²) in [5.74, 6) is -1.13. The Bertz CT molecular complexity index is 657. The molecule has 1 N–H and O–H groups in total. The molecule has 0 atom stereocenters. The zero-order valence-corrected chi connectivity index (χ0v) is 11.9. The van der Waals surface area contributed by atoms with Crippen LogP contribution in [0.5, 0.6) is 0 Å². The van der Waals surface area contributed by atoms with E-state index in [9.17, 15) is 9.59 Å². The maximum atomic E-state index is 12.0. The van der Waals surface area contributed by atoms with E-state index < -0.39 is 11.7 Å². The molecule has 3 heteroatoms. The van der Waals surface area contributed by atoms with Gasteiger partial charge in [0.2, 0.25) is 0 Å². The third-order valence-corrected chi connectivity index (χ3v) is 3.15. The molecule has 2 rings (SSSR count). The third-order valence-electron chi connectivity index (χ3n) is 3.15. The monoisotopic (exact) mass is 267 g/mol. The zero-order valence-electron chi connectivity index (χ0n) is 11.9. The lowest BCUT2D eigenvalue weighted by Gasteiger charge is -2.08. The van der Waals surface area contributed by atoms with Crippen molar-refractivity contribution in [2.45, 2.75) is 20.8 Å². The average Bonchev–Trinajstić information content (AvgIpc) is 2.42. The van der Waals surface area contributed by atoms with Crippen molar-refractivity contribution in [1.29, 1.82) is 0 Å². The Labute approximate surface area is 118 Å². The van der Waals surface area contributed by atoms with Gasteiger partial charge in [0.1, 0.15) is 0 Å². The Balaban J connectivity index is 2.15. The molecule has 0 aromatic heterocycles. The van der Waals surface area contributed by atoms with Gasteiger partial charge in [0, 0.05) is 11.3 Å². The van der Waals surface area contributed by atoms with E-state index in [-0.39, 0.29) is 0 Å². The highest BCUT2D eigenvalue weighted by molar-refractivity contribution is 6.46. The number of nitrogens with one attached hydrogen (secondary N) is 1. The van der Waals surface area contributed by atoms with Crippen LogP contribution in [0.2, 0.25) is 0 Å². The first-order valence-corrected chi connectivity index (χ1v) is 6.47. The molecule has 0 aliphatic rings. The van der Waals surface area contributed by atoms with E-state index in [1.807, 2.05) is 51.1 Å². The van der Waals surface area contributed by atoms with E-state index in [0.717, 1.165) is 16.7 Å². The molecule has 0 saturated carbocycles. The van der Waals surface area contributed by atoms with Crippen molar-refractivity contribution in [3.63, 3.8) is 0 Å². The molecular formula is C17H17NO2. The third kappa shape index (κ3) is 3.12. The van der Waals surface area contributed by atoms with Crippen LogP contribution in [0.3, 0.4) is 0 Å². The predicted octanol–water partition coefficient (Wildman–Crippen LogP) is 3.43. The first kappa shape index (κ1) is 14.0. The van der Waals surface area contributed by atoms with Crippen molar-refractivity contribution in [2.24, 2.45) is 0 Å². The minimum atomic E-state index is -0.610. The van der Waals surface area contributed by atoms with Crippen LogP contribution in [0, 0.1) is 20.8 Å². The number of Topliss-reactive ketones (excluding diaryl/α,β-unsaturated/α-hetero) is 1. The van der Waals surface area contributed by atoms with Crippen LogP contribution >= 0.6 is 0 Å². The van der Waals surface area contributed by atoms with Crippen molar-refractivity contribution in [3.8, 4) is 0 Å². The summed E-state index contributed by atoms with van der Waals surface area (Å²) in [5.41, 5.74) is 4.18. The molecular weight excluding hydrogens is 250 g/mol. The quantitative estimate of drug-likeness (QED) is 0.684.